The van der Waals surface area contributed by atoms with Crippen LogP contribution in [0, 0.1) is 7.11 Å². The molecule has 0 heterocycles. The fraction of sp³-hybridized carbons (Fsp3) is 0.750. The van der Waals surface area contributed by atoms with Gasteiger partial charge in [0.1, 0.15) is 0 Å². The Morgan fingerprint density at radius 1 is 1.71 bits per heavy atom. The van der Waals surface area contributed by atoms with E-state index >= 15 is 0 Å². The highest BCUT2D eigenvalue weighted by Gasteiger charge is 1.97. The molecule has 0 amide bonds. The summed E-state index contributed by atoms with van der Waals surface area (Å²) in [5.41, 5.74) is 0. The Bertz CT molecular complexity index is 40.7. The fourth-order valence-corrected chi connectivity index (χ4v) is 0.351. The SMILES string of the molecule is [CH2]OCC(Cl)CCl. The van der Waals surface area contributed by atoms with Crippen molar-refractivity contribution in [2.75, 3.05) is 12.5 Å². The van der Waals surface area contributed by atoms with E-state index in [1.54, 1.807) is 0 Å². The summed E-state index contributed by atoms with van der Waals surface area (Å²) in [6, 6.07) is 0. The lowest BCUT2D eigenvalue weighted by Crippen LogP contribution is -2.06. The molecule has 0 aromatic heterocycles. The molecule has 0 bridgehead atoms. The minimum absolute atomic E-state index is 0.0980. The van der Waals surface area contributed by atoms with Crippen molar-refractivity contribution in [1.82, 2.24) is 0 Å². The highest BCUT2D eigenvalue weighted by Crippen LogP contribution is 1.97. The molecule has 0 aliphatic heterocycles. The summed E-state index contributed by atoms with van der Waals surface area (Å²) in [5, 5.41) is -0.0980. The van der Waals surface area contributed by atoms with Gasteiger partial charge in [-0.2, -0.15) is 0 Å². The Kier molecular flexibility index (Phi) is 5.05. The van der Waals surface area contributed by atoms with Crippen LogP contribution >= 0.6 is 23.2 Å². The van der Waals surface area contributed by atoms with Gasteiger partial charge in [-0.1, -0.05) is 0 Å². The fourth-order valence-electron chi connectivity index (χ4n) is 0.172. The molecule has 0 fully saturated rings. The Morgan fingerprint density at radius 3 is 2.43 bits per heavy atom. The first kappa shape index (κ1) is 7.54. The van der Waals surface area contributed by atoms with Gasteiger partial charge in [-0.15, -0.1) is 23.2 Å². The molecule has 0 aliphatic rings. The molecule has 0 saturated carbocycles. The van der Waals surface area contributed by atoms with Crippen LogP contribution in [-0.4, -0.2) is 17.9 Å². The standard InChI is InChI=1S/C4H7Cl2O/c1-7-3-4(6)2-5/h4H,1-3H2. The van der Waals surface area contributed by atoms with E-state index in [4.69, 9.17) is 23.2 Å². The van der Waals surface area contributed by atoms with Crippen molar-refractivity contribution in [1.29, 1.82) is 0 Å². The predicted octanol–water partition coefficient (Wildman–Crippen LogP) is 1.64. The summed E-state index contributed by atoms with van der Waals surface area (Å²) < 4.78 is 4.43. The molecule has 0 rings (SSSR count). The van der Waals surface area contributed by atoms with Crippen molar-refractivity contribution in [2.45, 2.75) is 5.38 Å². The Labute approximate surface area is 53.6 Å². The molecule has 0 aromatic carbocycles. The van der Waals surface area contributed by atoms with Crippen molar-refractivity contribution < 1.29 is 4.74 Å². The van der Waals surface area contributed by atoms with Crippen molar-refractivity contribution in [3.05, 3.63) is 7.11 Å². The molecular formula is C4H7Cl2O. The van der Waals surface area contributed by atoms with Gasteiger partial charge in [0.2, 0.25) is 0 Å². The number of alkyl halides is 2. The van der Waals surface area contributed by atoms with Gasteiger partial charge in [0.25, 0.3) is 0 Å². The first-order valence-electron chi connectivity index (χ1n) is 1.88. The van der Waals surface area contributed by atoms with Crippen LogP contribution in [0.5, 0.6) is 0 Å². The van der Waals surface area contributed by atoms with Crippen molar-refractivity contribution in [3.8, 4) is 0 Å². The average Bonchev–Trinajstić information content (AvgIpc) is 1.68. The lowest BCUT2D eigenvalue weighted by molar-refractivity contribution is 0.246. The van der Waals surface area contributed by atoms with Gasteiger partial charge < -0.3 is 4.74 Å². The average molecular weight is 142 g/mol. The maximum absolute atomic E-state index is 5.47. The van der Waals surface area contributed by atoms with Gasteiger partial charge in [-0.3, -0.25) is 0 Å². The van der Waals surface area contributed by atoms with Crippen LogP contribution in [0.2, 0.25) is 0 Å². The van der Waals surface area contributed by atoms with Crippen LogP contribution in [0.4, 0.5) is 0 Å². The molecule has 3 heteroatoms. The van der Waals surface area contributed by atoms with Gasteiger partial charge in [0.05, 0.1) is 19.1 Å². The van der Waals surface area contributed by atoms with Gasteiger partial charge >= 0.3 is 0 Å². The van der Waals surface area contributed by atoms with E-state index in [1.165, 1.54) is 0 Å². The molecule has 1 unspecified atom stereocenters. The molecular weight excluding hydrogens is 135 g/mol. The predicted molar refractivity (Wildman–Crippen MR) is 31.7 cm³/mol. The van der Waals surface area contributed by atoms with E-state index in [0.717, 1.165) is 0 Å². The highest BCUT2D eigenvalue weighted by atomic mass is 35.5. The molecule has 0 aromatic rings. The molecule has 1 atom stereocenters. The second-order valence-corrected chi connectivity index (χ2v) is 2.05. The molecule has 0 spiro atoms. The lowest BCUT2D eigenvalue weighted by Gasteiger charge is -1.99. The van der Waals surface area contributed by atoms with Crippen LogP contribution in [0.15, 0.2) is 0 Å². The number of ether oxygens (including phenoxy) is 1. The first-order chi connectivity index (χ1) is 3.31. The van der Waals surface area contributed by atoms with E-state index in [0.29, 0.717) is 12.5 Å². The van der Waals surface area contributed by atoms with E-state index in [2.05, 4.69) is 11.8 Å². The molecule has 0 saturated heterocycles. The molecule has 1 nitrogen and oxygen atoms in total. The first-order valence-corrected chi connectivity index (χ1v) is 2.85. The summed E-state index contributed by atoms with van der Waals surface area (Å²) in [7, 11) is 3.13. The van der Waals surface area contributed by atoms with Gasteiger partial charge in [-0.05, 0) is 0 Å². The minimum Gasteiger partial charge on any atom is -0.377 e. The molecule has 1 radical (unpaired) electrons. The van der Waals surface area contributed by atoms with Crippen LogP contribution in [0.3, 0.4) is 0 Å². The lowest BCUT2D eigenvalue weighted by atomic mass is 10.5. The second-order valence-electron chi connectivity index (χ2n) is 1.12. The van der Waals surface area contributed by atoms with Crippen molar-refractivity contribution in [2.24, 2.45) is 0 Å². The highest BCUT2D eigenvalue weighted by molar-refractivity contribution is 6.28. The van der Waals surface area contributed by atoms with Crippen LogP contribution in [0.1, 0.15) is 0 Å². The minimum atomic E-state index is -0.0980. The summed E-state index contributed by atoms with van der Waals surface area (Å²) in [5.74, 6) is 0.414. The van der Waals surface area contributed by atoms with Gasteiger partial charge in [-0.25, -0.2) is 0 Å². The summed E-state index contributed by atoms with van der Waals surface area (Å²) >= 11 is 10.8. The zero-order valence-electron chi connectivity index (χ0n) is 3.86. The zero-order chi connectivity index (χ0) is 5.70. The smallest absolute Gasteiger partial charge is 0.0704 e. The van der Waals surface area contributed by atoms with E-state index in [-0.39, 0.29) is 5.38 Å². The normalized spacial score (nSPS) is 14.1. The van der Waals surface area contributed by atoms with Crippen LogP contribution < -0.4 is 0 Å². The third-order valence-corrected chi connectivity index (χ3v) is 1.28. The monoisotopic (exact) mass is 141 g/mol. The van der Waals surface area contributed by atoms with E-state index in [1.807, 2.05) is 0 Å². The Hall–Kier alpha value is 0.540. The second kappa shape index (κ2) is 4.69. The number of halogens is 2. The van der Waals surface area contributed by atoms with Crippen molar-refractivity contribution in [3.63, 3.8) is 0 Å². The number of rotatable bonds is 3. The quantitative estimate of drug-likeness (QED) is 0.544. The zero-order valence-corrected chi connectivity index (χ0v) is 5.37. The summed E-state index contributed by atoms with van der Waals surface area (Å²) in [6.07, 6.45) is 0. The largest absolute Gasteiger partial charge is 0.377 e. The van der Waals surface area contributed by atoms with Crippen LogP contribution in [-0.2, 0) is 4.74 Å². The third-order valence-electron chi connectivity index (χ3n) is 0.466. The number of hydrogen-bond acceptors (Lipinski definition) is 1. The molecule has 7 heavy (non-hydrogen) atoms. The van der Waals surface area contributed by atoms with E-state index < -0.39 is 0 Å². The van der Waals surface area contributed by atoms with Gasteiger partial charge in [0.15, 0.2) is 0 Å². The topological polar surface area (TPSA) is 9.23 Å². The maximum Gasteiger partial charge on any atom is 0.0704 e. The summed E-state index contributed by atoms with van der Waals surface area (Å²) in [6.45, 7) is 0.422. The molecule has 43 valence electrons. The Morgan fingerprint density at radius 2 is 2.29 bits per heavy atom. The third kappa shape index (κ3) is 4.39. The number of hydrogen-bond donors (Lipinski definition) is 0. The van der Waals surface area contributed by atoms with Crippen molar-refractivity contribution >= 4 is 23.2 Å². The maximum atomic E-state index is 5.47. The van der Waals surface area contributed by atoms with Crippen LogP contribution in [0.25, 0.3) is 0 Å². The van der Waals surface area contributed by atoms with Gasteiger partial charge in [0, 0.05) is 5.88 Å². The molecule has 0 N–H and O–H groups in total. The Balaban J connectivity index is 2.83. The summed E-state index contributed by atoms with van der Waals surface area (Å²) in [4.78, 5) is 0. The molecule has 0 aliphatic carbocycles. The van der Waals surface area contributed by atoms with E-state index in [9.17, 15) is 0 Å².